The van der Waals surface area contributed by atoms with Gasteiger partial charge in [-0.05, 0) is 30.7 Å². The zero-order valence-electron chi connectivity index (χ0n) is 13.0. The molecule has 2 aromatic rings. The van der Waals surface area contributed by atoms with Crippen molar-refractivity contribution in [2.75, 3.05) is 26.2 Å². The Morgan fingerprint density at radius 1 is 1.21 bits per heavy atom. The van der Waals surface area contributed by atoms with E-state index in [0.29, 0.717) is 12.1 Å². The molecule has 3 rings (SSSR count). The van der Waals surface area contributed by atoms with E-state index < -0.39 is 0 Å². The first-order valence-electron chi connectivity index (χ1n) is 7.41. The Balaban J connectivity index is 0.00000144. The summed E-state index contributed by atoms with van der Waals surface area (Å²) in [7, 11) is 0. The monoisotopic (exact) mass is 391 g/mol. The Morgan fingerprint density at radius 2 is 1.96 bits per heavy atom. The number of aromatic nitrogens is 1. The summed E-state index contributed by atoms with van der Waals surface area (Å²) in [5.74, 6) is -0.237. The van der Waals surface area contributed by atoms with E-state index >= 15 is 0 Å². The third kappa shape index (κ3) is 5.41. The predicted molar refractivity (Wildman–Crippen MR) is 99.2 cm³/mol. The van der Waals surface area contributed by atoms with Crippen molar-refractivity contribution in [2.45, 2.75) is 12.8 Å². The van der Waals surface area contributed by atoms with Gasteiger partial charge in [0, 0.05) is 31.4 Å². The van der Waals surface area contributed by atoms with Gasteiger partial charge in [0.1, 0.15) is 11.5 Å². The van der Waals surface area contributed by atoms with E-state index in [1.54, 1.807) is 12.1 Å². The smallest absolute Gasteiger partial charge is 0.273 e. The quantitative estimate of drug-likeness (QED) is 0.873. The number of carbonyl (C=O) groups excluding carboxylic acids is 1. The maximum Gasteiger partial charge on any atom is 0.273 e. The topological polar surface area (TPSA) is 45.2 Å². The Hall–Kier alpha value is -1.21. The second kappa shape index (κ2) is 9.93. The van der Waals surface area contributed by atoms with Crippen molar-refractivity contribution >= 4 is 42.1 Å². The molecule has 8 heteroatoms. The van der Waals surface area contributed by atoms with Gasteiger partial charge >= 0.3 is 0 Å². The minimum atomic E-state index is -0.242. The molecule has 1 aromatic heterocycles. The lowest BCUT2D eigenvalue weighted by Gasteiger charge is -2.18. The molecule has 132 valence electrons. The highest BCUT2D eigenvalue weighted by Crippen LogP contribution is 2.17. The van der Waals surface area contributed by atoms with E-state index in [4.69, 9.17) is 0 Å². The van der Waals surface area contributed by atoms with E-state index in [9.17, 15) is 9.18 Å². The summed E-state index contributed by atoms with van der Waals surface area (Å²) >= 11 is 1.48. The fourth-order valence-corrected chi connectivity index (χ4v) is 3.28. The van der Waals surface area contributed by atoms with E-state index in [0.717, 1.165) is 43.2 Å². The molecule has 1 aliphatic heterocycles. The highest BCUT2D eigenvalue weighted by atomic mass is 35.5. The van der Waals surface area contributed by atoms with Crippen LogP contribution in [0, 0.1) is 5.82 Å². The van der Waals surface area contributed by atoms with E-state index in [1.807, 2.05) is 10.3 Å². The molecular formula is C16H20Cl2FN3OS. The minimum Gasteiger partial charge on any atom is -0.336 e. The number of thiazole rings is 1. The molecule has 1 aliphatic rings. The van der Waals surface area contributed by atoms with Gasteiger partial charge in [-0.2, -0.15) is 0 Å². The molecule has 0 aliphatic carbocycles. The number of hydrogen-bond donors (Lipinski definition) is 1. The highest BCUT2D eigenvalue weighted by Gasteiger charge is 2.19. The molecule has 0 unspecified atom stereocenters. The van der Waals surface area contributed by atoms with Crippen molar-refractivity contribution in [2.24, 2.45) is 0 Å². The van der Waals surface area contributed by atoms with E-state index in [-0.39, 0.29) is 36.5 Å². The lowest BCUT2D eigenvalue weighted by molar-refractivity contribution is 0.0761. The molecule has 1 N–H and O–H groups in total. The summed E-state index contributed by atoms with van der Waals surface area (Å²) in [6.07, 6.45) is 1.60. The lowest BCUT2D eigenvalue weighted by Crippen LogP contribution is -2.34. The first-order valence-corrected chi connectivity index (χ1v) is 8.29. The predicted octanol–water partition coefficient (Wildman–Crippen LogP) is 3.15. The van der Waals surface area contributed by atoms with Crippen molar-refractivity contribution in [3.8, 4) is 0 Å². The SMILES string of the molecule is Cl.Cl.O=C(c1csc(Cc2ccc(F)cc2)n1)N1CCCNCC1. The van der Waals surface area contributed by atoms with Gasteiger partial charge in [0.2, 0.25) is 0 Å². The summed E-state index contributed by atoms with van der Waals surface area (Å²) in [5.41, 5.74) is 1.51. The number of amides is 1. The number of nitrogens with zero attached hydrogens (tertiary/aromatic N) is 2. The lowest BCUT2D eigenvalue weighted by atomic mass is 10.1. The van der Waals surface area contributed by atoms with E-state index in [2.05, 4.69) is 10.3 Å². The average molecular weight is 392 g/mol. The van der Waals surface area contributed by atoms with Crippen LogP contribution >= 0.6 is 36.2 Å². The van der Waals surface area contributed by atoms with Crippen LogP contribution in [0.2, 0.25) is 0 Å². The molecule has 1 fully saturated rings. The summed E-state index contributed by atoms with van der Waals surface area (Å²) in [6, 6.07) is 6.38. The van der Waals surface area contributed by atoms with Crippen molar-refractivity contribution in [1.82, 2.24) is 15.2 Å². The molecule has 0 saturated carbocycles. The van der Waals surface area contributed by atoms with Crippen molar-refractivity contribution in [3.05, 3.63) is 51.7 Å². The number of halogens is 3. The largest absolute Gasteiger partial charge is 0.336 e. The summed E-state index contributed by atoms with van der Waals surface area (Å²) in [5, 5.41) is 5.98. The van der Waals surface area contributed by atoms with Crippen LogP contribution in [-0.4, -0.2) is 42.0 Å². The molecular weight excluding hydrogens is 372 g/mol. The third-order valence-electron chi connectivity index (χ3n) is 3.67. The fraction of sp³-hybridized carbons (Fsp3) is 0.375. The van der Waals surface area contributed by atoms with Crippen molar-refractivity contribution in [1.29, 1.82) is 0 Å². The molecule has 0 spiro atoms. The van der Waals surface area contributed by atoms with Crippen LogP contribution in [0.5, 0.6) is 0 Å². The highest BCUT2D eigenvalue weighted by molar-refractivity contribution is 7.09. The Kier molecular flexibility index (Phi) is 8.62. The van der Waals surface area contributed by atoms with Crippen LogP contribution in [0.3, 0.4) is 0 Å². The van der Waals surface area contributed by atoms with Crippen LogP contribution in [0.4, 0.5) is 4.39 Å². The summed E-state index contributed by atoms with van der Waals surface area (Å²) in [6.45, 7) is 3.29. The zero-order valence-corrected chi connectivity index (χ0v) is 15.5. The first-order chi connectivity index (χ1) is 10.7. The second-order valence-electron chi connectivity index (χ2n) is 5.33. The first kappa shape index (κ1) is 20.8. The maximum atomic E-state index is 12.9. The standard InChI is InChI=1S/C16H18FN3OS.2ClH/c17-13-4-2-12(3-5-13)10-15-19-14(11-22-15)16(21)20-8-1-6-18-7-9-20;;/h2-5,11,18H,1,6-10H2;2*1H. The molecule has 1 amide bonds. The molecule has 4 nitrogen and oxygen atoms in total. The molecule has 24 heavy (non-hydrogen) atoms. The molecule has 1 saturated heterocycles. The van der Waals surface area contributed by atoms with Crippen LogP contribution in [0.25, 0.3) is 0 Å². The molecule has 1 aromatic carbocycles. The van der Waals surface area contributed by atoms with Gasteiger partial charge in [-0.1, -0.05) is 12.1 Å². The minimum absolute atomic E-state index is 0. The number of rotatable bonds is 3. The fourth-order valence-electron chi connectivity index (χ4n) is 2.48. The van der Waals surface area contributed by atoms with Crippen LogP contribution < -0.4 is 5.32 Å². The zero-order chi connectivity index (χ0) is 15.4. The number of benzene rings is 1. The average Bonchev–Trinajstić information content (AvgIpc) is 2.82. The molecule has 0 atom stereocenters. The summed E-state index contributed by atoms with van der Waals surface area (Å²) < 4.78 is 12.9. The van der Waals surface area contributed by atoms with Gasteiger partial charge < -0.3 is 10.2 Å². The molecule has 2 heterocycles. The van der Waals surface area contributed by atoms with Crippen molar-refractivity contribution in [3.63, 3.8) is 0 Å². The van der Waals surface area contributed by atoms with Gasteiger partial charge in [-0.25, -0.2) is 9.37 Å². The van der Waals surface area contributed by atoms with Crippen LogP contribution in [0.1, 0.15) is 27.5 Å². The Labute approximate surface area is 157 Å². The van der Waals surface area contributed by atoms with E-state index in [1.165, 1.54) is 23.5 Å². The van der Waals surface area contributed by atoms with Gasteiger partial charge in [0.15, 0.2) is 0 Å². The number of hydrogen-bond acceptors (Lipinski definition) is 4. The van der Waals surface area contributed by atoms with Gasteiger partial charge in [-0.3, -0.25) is 4.79 Å². The van der Waals surface area contributed by atoms with Crippen molar-refractivity contribution < 1.29 is 9.18 Å². The Bertz CT molecular complexity index is 643. The second-order valence-corrected chi connectivity index (χ2v) is 6.27. The number of nitrogens with one attached hydrogen (secondary N) is 1. The maximum absolute atomic E-state index is 12.9. The molecule has 0 bridgehead atoms. The van der Waals surface area contributed by atoms with Gasteiger partial charge in [0.25, 0.3) is 5.91 Å². The van der Waals surface area contributed by atoms with Gasteiger partial charge in [0.05, 0.1) is 5.01 Å². The third-order valence-corrected chi connectivity index (χ3v) is 4.52. The van der Waals surface area contributed by atoms with Crippen LogP contribution in [-0.2, 0) is 6.42 Å². The van der Waals surface area contributed by atoms with Crippen LogP contribution in [0.15, 0.2) is 29.6 Å². The Morgan fingerprint density at radius 3 is 2.71 bits per heavy atom. The number of carbonyl (C=O) groups is 1. The summed E-state index contributed by atoms with van der Waals surface area (Å²) in [4.78, 5) is 18.8. The normalized spacial score (nSPS) is 14.3. The molecule has 0 radical (unpaired) electrons. The van der Waals surface area contributed by atoms with Gasteiger partial charge in [-0.15, -0.1) is 36.2 Å².